The molecule has 1 heteroatoms. The maximum Gasteiger partial charge on any atom is 0.0801 e. The smallest absolute Gasteiger partial charge is 0.0801 e. The van der Waals surface area contributed by atoms with Crippen molar-refractivity contribution in [1.29, 1.82) is 0 Å². The van der Waals surface area contributed by atoms with Crippen LogP contribution >= 0.6 is 0 Å². The third kappa shape index (κ3) is 2.04. The number of fused-ring (bicyclic) bond motifs is 1. The molecule has 0 aromatic heterocycles. The van der Waals surface area contributed by atoms with Gasteiger partial charge in [-0.3, -0.25) is 0 Å². The van der Waals surface area contributed by atoms with E-state index in [0.29, 0.717) is 0 Å². The van der Waals surface area contributed by atoms with Crippen LogP contribution in [0, 0.1) is 12.8 Å². The highest BCUT2D eigenvalue weighted by Gasteiger charge is 2.23. The predicted octanol–water partition coefficient (Wildman–Crippen LogP) is 4.37. The zero-order chi connectivity index (χ0) is 12.5. The van der Waals surface area contributed by atoms with Crippen LogP contribution in [0.3, 0.4) is 0 Å². The topological polar surface area (TPSA) is 20.2 Å². The van der Waals surface area contributed by atoms with Crippen molar-refractivity contribution in [3.05, 3.63) is 47.5 Å². The van der Waals surface area contributed by atoms with E-state index in [1.807, 2.05) is 0 Å². The van der Waals surface area contributed by atoms with Crippen molar-refractivity contribution < 1.29 is 5.11 Å². The minimum atomic E-state index is -0.304. The van der Waals surface area contributed by atoms with Gasteiger partial charge in [0.05, 0.1) is 6.10 Å². The Morgan fingerprint density at radius 1 is 1.17 bits per heavy atom. The molecule has 0 spiro atoms. The van der Waals surface area contributed by atoms with Crippen LogP contribution in [0.15, 0.2) is 36.4 Å². The van der Waals surface area contributed by atoms with E-state index < -0.39 is 0 Å². The third-order valence-corrected chi connectivity index (χ3v) is 4.30. The van der Waals surface area contributed by atoms with Gasteiger partial charge in [-0.05, 0) is 41.2 Å². The molecule has 1 N–H and O–H groups in total. The van der Waals surface area contributed by atoms with Crippen molar-refractivity contribution >= 4 is 10.8 Å². The summed E-state index contributed by atoms with van der Waals surface area (Å²) < 4.78 is 0. The summed E-state index contributed by atoms with van der Waals surface area (Å²) >= 11 is 0. The zero-order valence-corrected chi connectivity index (χ0v) is 10.9. The molecule has 0 aliphatic heterocycles. The molecule has 1 nitrogen and oxygen atoms in total. The van der Waals surface area contributed by atoms with Crippen LogP contribution in [0.25, 0.3) is 10.8 Å². The minimum absolute atomic E-state index is 0.304. The van der Waals surface area contributed by atoms with Gasteiger partial charge in [-0.15, -0.1) is 0 Å². The normalized spacial score (nSPS) is 17.7. The van der Waals surface area contributed by atoms with Crippen LogP contribution in [0.1, 0.15) is 42.9 Å². The third-order valence-electron chi connectivity index (χ3n) is 4.30. The van der Waals surface area contributed by atoms with E-state index in [2.05, 4.69) is 43.3 Å². The second-order valence-corrected chi connectivity index (χ2v) is 5.57. The Labute approximate surface area is 108 Å². The molecule has 0 amide bonds. The number of hydrogen-bond donors (Lipinski definition) is 1. The molecule has 0 saturated heterocycles. The molecule has 0 heterocycles. The predicted molar refractivity (Wildman–Crippen MR) is 75.6 cm³/mol. The average Bonchev–Trinajstić information content (AvgIpc) is 2.33. The van der Waals surface area contributed by atoms with Gasteiger partial charge >= 0.3 is 0 Å². The van der Waals surface area contributed by atoms with E-state index in [1.54, 1.807) is 0 Å². The van der Waals surface area contributed by atoms with Gasteiger partial charge < -0.3 is 5.11 Å². The summed E-state index contributed by atoms with van der Waals surface area (Å²) in [4.78, 5) is 0. The quantitative estimate of drug-likeness (QED) is 0.844. The van der Waals surface area contributed by atoms with E-state index in [1.165, 1.54) is 35.6 Å². The van der Waals surface area contributed by atoms with Crippen LogP contribution in [0.4, 0.5) is 0 Å². The van der Waals surface area contributed by atoms with Crippen LogP contribution < -0.4 is 0 Å². The molecule has 3 rings (SSSR count). The van der Waals surface area contributed by atoms with Gasteiger partial charge in [0.15, 0.2) is 0 Å². The lowest BCUT2D eigenvalue weighted by Crippen LogP contribution is -2.15. The molecule has 1 saturated carbocycles. The van der Waals surface area contributed by atoms with Crippen molar-refractivity contribution in [2.45, 2.75) is 38.7 Å². The SMILES string of the molecule is Cc1ccc2ccccc2c1C(O)CC1CCC1. The number of benzene rings is 2. The highest BCUT2D eigenvalue weighted by Crippen LogP contribution is 2.37. The van der Waals surface area contributed by atoms with Gasteiger partial charge in [-0.1, -0.05) is 55.7 Å². The second-order valence-electron chi connectivity index (χ2n) is 5.57. The molecular formula is C17H20O. The van der Waals surface area contributed by atoms with Gasteiger partial charge in [-0.25, -0.2) is 0 Å². The zero-order valence-electron chi connectivity index (χ0n) is 10.9. The van der Waals surface area contributed by atoms with Gasteiger partial charge in [0.2, 0.25) is 0 Å². The first-order valence-electron chi connectivity index (χ1n) is 6.92. The molecule has 1 fully saturated rings. The Kier molecular flexibility index (Phi) is 3.09. The summed E-state index contributed by atoms with van der Waals surface area (Å²) in [6.07, 6.45) is 4.55. The monoisotopic (exact) mass is 240 g/mol. The average molecular weight is 240 g/mol. The van der Waals surface area contributed by atoms with E-state index >= 15 is 0 Å². The van der Waals surface area contributed by atoms with E-state index in [0.717, 1.165) is 17.9 Å². The maximum absolute atomic E-state index is 10.5. The summed E-state index contributed by atoms with van der Waals surface area (Å²) in [5, 5.41) is 13.0. The number of aliphatic hydroxyl groups excluding tert-OH is 1. The van der Waals surface area contributed by atoms with Crippen LogP contribution in [0.5, 0.6) is 0 Å². The van der Waals surface area contributed by atoms with Crippen molar-refractivity contribution in [3.8, 4) is 0 Å². The Morgan fingerprint density at radius 3 is 2.67 bits per heavy atom. The van der Waals surface area contributed by atoms with Crippen molar-refractivity contribution in [3.63, 3.8) is 0 Å². The summed E-state index contributed by atoms with van der Waals surface area (Å²) in [5.41, 5.74) is 2.35. The number of aliphatic hydroxyl groups is 1. The van der Waals surface area contributed by atoms with Gasteiger partial charge in [0.25, 0.3) is 0 Å². The molecule has 1 atom stereocenters. The fraction of sp³-hybridized carbons (Fsp3) is 0.412. The van der Waals surface area contributed by atoms with E-state index in [-0.39, 0.29) is 6.10 Å². The van der Waals surface area contributed by atoms with Crippen molar-refractivity contribution in [1.82, 2.24) is 0 Å². The lowest BCUT2D eigenvalue weighted by molar-refractivity contribution is 0.119. The molecule has 1 aliphatic rings. The fourth-order valence-electron chi connectivity index (χ4n) is 3.01. The van der Waals surface area contributed by atoms with E-state index in [4.69, 9.17) is 0 Å². The van der Waals surface area contributed by atoms with Gasteiger partial charge in [0, 0.05) is 0 Å². The fourth-order valence-corrected chi connectivity index (χ4v) is 3.01. The van der Waals surface area contributed by atoms with Crippen molar-refractivity contribution in [2.24, 2.45) is 5.92 Å². The standard InChI is InChI=1S/C17H20O/c1-12-9-10-14-7-2-3-8-15(14)17(12)16(18)11-13-5-4-6-13/h2-3,7-10,13,16,18H,4-6,11H2,1H3. The first-order chi connectivity index (χ1) is 8.75. The minimum Gasteiger partial charge on any atom is -0.388 e. The van der Waals surface area contributed by atoms with Gasteiger partial charge in [-0.2, -0.15) is 0 Å². The summed E-state index contributed by atoms with van der Waals surface area (Å²) in [5.74, 6) is 0.735. The number of hydrogen-bond acceptors (Lipinski definition) is 1. The summed E-state index contributed by atoms with van der Waals surface area (Å²) in [6, 6.07) is 12.6. The molecule has 1 aliphatic carbocycles. The largest absolute Gasteiger partial charge is 0.388 e. The van der Waals surface area contributed by atoms with Crippen molar-refractivity contribution in [2.75, 3.05) is 0 Å². The van der Waals surface area contributed by atoms with Crippen LogP contribution in [-0.2, 0) is 0 Å². The highest BCUT2D eigenvalue weighted by atomic mass is 16.3. The molecule has 0 bridgehead atoms. The van der Waals surface area contributed by atoms with Crippen LogP contribution in [0.2, 0.25) is 0 Å². The Bertz CT molecular complexity index is 555. The number of aryl methyl sites for hydroxylation is 1. The molecule has 2 aromatic rings. The van der Waals surface area contributed by atoms with Crippen LogP contribution in [-0.4, -0.2) is 5.11 Å². The highest BCUT2D eigenvalue weighted by molar-refractivity contribution is 5.87. The first-order valence-corrected chi connectivity index (χ1v) is 6.92. The molecule has 94 valence electrons. The molecule has 2 aromatic carbocycles. The first kappa shape index (κ1) is 11.7. The molecule has 1 unspecified atom stereocenters. The second kappa shape index (κ2) is 4.74. The van der Waals surface area contributed by atoms with Gasteiger partial charge in [0.1, 0.15) is 0 Å². The Hall–Kier alpha value is -1.34. The lowest BCUT2D eigenvalue weighted by atomic mass is 9.79. The molecule has 18 heavy (non-hydrogen) atoms. The van der Waals surface area contributed by atoms with E-state index in [9.17, 15) is 5.11 Å². The Morgan fingerprint density at radius 2 is 1.94 bits per heavy atom. The summed E-state index contributed by atoms with van der Waals surface area (Å²) in [6.45, 7) is 2.10. The maximum atomic E-state index is 10.5. The molecular weight excluding hydrogens is 220 g/mol. The molecule has 0 radical (unpaired) electrons. The summed E-state index contributed by atoms with van der Waals surface area (Å²) in [7, 11) is 0. The number of rotatable bonds is 3. The Balaban J connectivity index is 2.00. The lowest BCUT2D eigenvalue weighted by Gasteiger charge is -2.28.